The third-order valence-corrected chi connectivity index (χ3v) is 7.19. The van der Waals surface area contributed by atoms with Crippen LogP contribution in [-0.4, -0.2) is 52.4 Å². The largest absolute Gasteiger partial charge is 0.446 e. The molecule has 1 aromatic heterocycles. The van der Waals surface area contributed by atoms with Gasteiger partial charge in [0.05, 0.1) is 0 Å². The maximum atomic E-state index is 12.0. The molecular formula is C33H47N5O5S. The number of hydrogen-bond acceptors (Lipinski definition) is 8. The van der Waals surface area contributed by atoms with Crippen LogP contribution in [0.1, 0.15) is 64.5 Å². The molecule has 2 unspecified atom stereocenters. The number of nitrogens with zero attached hydrogens (tertiary/aromatic N) is 2. The summed E-state index contributed by atoms with van der Waals surface area (Å²) in [5.74, 6) is 0.592. The van der Waals surface area contributed by atoms with Crippen molar-refractivity contribution in [2.45, 2.75) is 70.0 Å². The van der Waals surface area contributed by atoms with Gasteiger partial charge in [-0.2, -0.15) is 4.98 Å². The molecule has 240 valence electrons. The van der Waals surface area contributed by atoms with Crippen LogP contribution in [-0.2, 0) is 14.3 Å². The number of nitrogens with one attached hydrogen (secondary N) is 2. The smallest absolute Gasteiger partial charge is 0.407 e. The predicted molar refractivity (Wildman–Crippen MR) is 179 cm³/mol. The third-order valence-electron chi connectivity index (χ3n) is 6.10. The number of anilines is 1. The molecule has 2 atom stereocenters. The van der Waals surface area contributed by atoms with E-state index in [1.807, 2.05) is 6.08 Å². The molecule has 0 spiro atoms. The van der Waals surface area contributed by atoms with E-state index < -0.39 is 23.4 Å². The molecule has 2 amide bonds. The normalized spacial score (nSPS) is 17.3. The van der Waals surface area contributed by atoms with Crippen LogP contribution in [0.25, 0.3) is 0 Å². The second kappa shape index (κ2) is 23.6. The van der Waals surface area contributed by atoms with E-state index in [-0.39, 0.29) is 24.9 Å². The van der Waals surface area contributed by atoms with Crippen LogP contribution in [0.4, 0.5) is 10.6 Å². The van der Waals surface area contributed by atoms with Gasteiger partial charge in [-0.05, 0) is 51.0 Å². The van der Waals surface area contributed by atoms with Crippen LogP contribution >= 0.6 is 11.8 Å². The second-order valence-electron chi connectivity index (χ2n) is 9.72. The number of ether oxygens (including phenoxy) is 2. The van der Waals surface area contributed by atoms with Crippen molar-refractivity contribution in [1.82, 2.24) is 20.2 Å². The molecule has 11 heteroatoms. The highest BCUT2D eigenvalue weighted by Crippen LogP contribution is 2.31. The number of carbonyl (C=O) groups is 2. The van der Waals surface area contributed by atoms with Crippen molar-refractivity contribution < 1.29 is 19.1 Å². The molecule has 0 aromatic carbocycles. The molecule has 2 heterocycles. The van der Waals surface area contributed by atoms with Gasteiger partial charge in [-0.1, -0.05) is 79.8 Å². The summed E-state index contributed by atoms with van der Waals surface area (Å²) in [7, 11) is 0. The topological polar surface area (TPSA) is 138 Å². The van der Waals surface area contributed by atoms with Crippen LogP contribution in [0, 0.1) is 0 Å². The van der Waals surface area contributed by atoms with Gasteiger partial charge in [0, 0.05) is 31.5 Å². The molecule has 0 radical (unpaired) electrons. The Kier molecular flexibility index (Phi) is 19.5. The Morgan fingerprint density at radius 2 is 1.52 bits per heavy atom. The number of nitrogens with two attached hydrogens (primary N) is 1. The zero-order chi connectivity index (χ0) is 31.7. The van der Waals surface area contributed by atoms with Gasteiger partial charge in [0.1, 0.15) is 24.1 Å². The van der Waals surface area contributed by atoms with Gasteiger partial charge in [0.2, 0.25) is 5.91 Å². The molecule has 0 aliphatic carbocycles. The van der Waals surface area contributed by atoms with Crippen LogP contribution in [0.2, 0.25) is 0 Å². The molecule has 1 aliphatic rings. The maximum Gasteiger partial charge on any atom is 0.407 e. The van der Waals surface area contributed by atoms with E-state index in [2.05, 4.69) is 89.4 Å². The summed E-state index contributed by atoms with van der Waals surface area (Å²) >= 11 is 1.43. The molecular weight excluding hydrogens is 578 g/mol. The summed E-state index contributed by atoms with van der Waals surface area (Å²) in [6.45, 7) is 2.73. The number of allylic oxidation sites excluding steroid dienone is 12. The summed E-state index contributed by atoms with van der Waals surface area (Å²) in [6, 6.07) is 1.52. The Morgan fingerprint density at radius 1 is 0.955 bits per heavy atom. The first kappa shape index (κ1) is 36.4. The van der Waals surface area contributed by atoms with Gasteiger partial charge >= 0.3 is 11.8 Å². The molecule has 1 saturated heterocycles. The lowest BCUT2D eigenvalue weighted by atomic mass is 10.2. The van der Waals surface area contributed by atoms with Gasteiger partial charge in [0.15, 0.2) is 0 Å². The fraction of sp³-hybridized carbons (Fsp3) is 0.455. The van der Waals surface area contributed by atoms with E-state index in [4.69, 9.17) is 15.2 Å². The maximum absolute atomic E-state index is 12.0. The number of hydrogen-bond donors (Lipinski definition) is 3. The Balaban J connectivity index is 1.41. The standard InChI is InChI=1S/C33H47N5O5S/c1-2-3-4-5-6-7-8-9-10-11-12-13-14-15-16-17-18-19-20-21-29(39)35-23-24-36-33(41)42-26-31-43-30(27-44-31)38-25-22-28(34)37-32(38)40/h3-4,6-7,9-10,12-13,15-16,18-19,22,25,30-31H,2,5,8,11,14,17,20-21,23-24,26-27H2,1H3,(H,35,39)(H,36,41)(H2,34,37,40). The number of aromatic nitrogens is 2. The van der Waals surface area contributed by atoms with E-state index in [0.29, 0.717) is 25.1 Å². The highest BCUT2D eigenvalue weighted by atomic mass is 32.2. The van der Waals surface area contributed by atoms with E-state index in [0.717, 1.165) is 38.5 Å². The number of nitrogen functional groups attached to an aromatic ring is 1. The Labute approximate surface area is 265 Å². The minimum atomic E-state index is -0.601. The van der Waals surface area contributed by atoms with Crippen LogP contribution in [0.3, 0.4) is 0 Å². The molecule has 1 fully saturated rings. The first-order valence-electron chi connectivity index (χ1n) is 15.2. The van der Waals surface area contributed by atoms with Gasteiger partial charge in [0.25, 0.3) is 0 Å². The lowest BCUT2D eigenvalue weighted by Crippen LogP contribution is -2.35. The average molecular weight is 626 g/mol. The molecule has 4 N–H and O–H groups in total. The monoisotopic (exact) mass is 625 g/mol. The number of rotatable bonds is 20. The van der Waals surface area contributed by atoms with E-state index in [9.17, 15) is 14.4 Å². The third kappa shape index (κ3) is 17.3. The van der Waals surface area contributed by atoms with Crippen molar-refractivity contribution in [3.8, 4) is 0 Å². The Bertz CT molecular complexity index is 1220. The molecule has 1 aliphatic heterocycles. The second-order valence-corrected chi connectivity index (χ2v) is 10.9. The average Bonchev–Trinajstić information content (AvgIpc) is 3.48. The number of carbonyl (C=O) groups excluding carboxylic acids is 2. The van der Waals surface area contributed by atoms with Crippen molar-refractivity contribution in [3.05, 3.63) is 95.7 Å². The van der Waals surface area contributed by atoms with E-state index in [1.54, 1.807) is 0 Å². The van der Waals surface area contributed by atoms with Crippen molar-refractivity contribution in [3.63, 3.8) is 0 Å². The summed E-state index contributed by atoms with van der Waals surface area (Å²) in [5.41, 5.74) is 4.62. The molecule has 10 nitrogen and oxygen atoms in total. The predicted octanol–water partition coefficient (Wildman–Crippen LogP) is 5.73. The number of amides is 2. The first-order valence-corrected chi connectivity index (χ1v) is 16.2. The lowest BCUT2D eigenvalue weighted by molar-refractivity contribution is -0.120. The summed E-state index contributed by atoms with van der Waals surface area (Å²) < 4.78 is 12.3. The zero-order valence-corrected chi connectivity index (χ0v) is 26.5. The van der Waals surface area contributed by atoms with E-state index in [1.165, 1.54) is 28.6 Å². The van der Waals surface area contributed by atoms with Crippen molar-refractivity contribution in [2.75, 3.05) is 31.2 Å². The minimum Gasteiger partial charge on any atom is -0.446 e. The first-order chi connectivity index (χ1) is 21.5. The zero-order valence-electron chi connectivity index (χ0n) is 25.6. The number of thioether (sulfide) groups is 1. The molecule has 44 heavy (non-hydrogen) atoms. The van der Waals surface area contributed by atoms with Gasteiger partial charge in [-0.15, -0.1) is 11.8 Å². The van der Waals surface area contributed by atoms with Gasteiger partial charge in [-0.3, -0.25) is 9.36 Å². The van der Waals surface area contributed by atoms with Crippen molar-refractivity contribution in [2.24, 2.45) is 0 Å². The minimum absolute atomic E-state index is 0.0302. The Hall–Kier alpha value is -3.83. The van der Waals surface area contributed by atoms with Crippen LogP contribution in [0.5, 0.6) is 0 Å². The summed E-state index contributed by atoms with van der Waals surface area (Å²) in [5, 5.41) is 5.37. The Morgan fingerprint density at radius 3 is 2.11 bits per heavy atom. The summed E-state index contributed by atoms with van der Waals surface area (Å²) in [6.07, 6.45) is 33.1. The van der Waals surface area contributed by atoms with Gasteiger partial charge < -0.3 is 25.8 Å². The fourth-order valence-corrected chi connectivity index (χ4v) is 4.81. The van der Waals surface area contributed by atoms with Crippen LogP contribution in [0.15, 0.2) is 90.0 Å². The molecule has 1 aromatic rings. The highest BCUT2D eigenvalue weighted by molar-refractivity contribution is 8.00. The molecule has 2 rings (SSSR count). The molecule has 0 saturated carbocycles. The summed E-state index contributed by atoms with van der Waals surface area (Å²) in [4.78, 5) is 39.5. The van der Waals surface area contributed by atoms with Gasteiger partial charge in [-0.25, -0.2) is 9.59 Å². The van der Waals surface area contributed by atoms with Crippen molar-refractivity contribution in [1.29, 1.82) is 0 Å². The number of alkyl carbamates (subject to hydrolysis) is 1. The van der Waals surface area contributed by atoms with E-state index >= 15 is 0 Å². The van der Waals surface area contributed by atoms with Crippen LogP contribution < -0.4 is 22.1 Å². The molecule has 0 bridgehead atoms. The SMILES string of the molecule is CCC=CCC=CCC=CCC=CCC=CCC=CCCC(=O)NCCNC(=O)OCC1OC(n2ccc(N)nc2=O)CS1. The quantitative estimate of drug-likeness (QED) is 0.123. The van der Waals surface area contributed by atoms with Crippen molar-refractivity contribution >= 4 is 29.6 Å². The fourth-order valence-electron chi connectivity index (χ4n) is 3.83. The highest BCUT2D eigenvalue weighted by Gasteiger charge is 2.29. The lowest BCUT2D eigenvalue weighted by Gasteiger charge is -2.15.